The lowest BCUT2D eigenvalue weighted by Gasteiger charge is -2.28. The molecule has 3 aromatic carbocycles. The number of rotatable bonds is 8. The van der Waals surface area contributed by atoms with E-state index < -0.39 is 12.8 Å². The van der Waals surface area contributed by atoms with Gasteiger partial charge < -0.3 is 4.74 Å². The van der Waals surface area contributed by atoms with Crippen LogP contribution in [0.3, 0.4) is 0 Å². The van der Waals surface area contributed by atoms with Gasteiger partial charge in [0, 0.05) is 5.39 Å². The van der Waals surface area contributed by atoms with E-state index in [0.29, 0.717) is 29.7 Å². The molecule has 182 valence electrons. The number of hydrogen-bond donors (Lipinski definition) is 0. The van der Waals surface area contributed by atoms with Crippen LogP contribution in [0.15, 0.2) is 54.6 Å². The molecule has 0 N–H and O–H groups in total. The van der Waals surface area contributed by atoms with E-state index in [-0.39, 0.29) is 11.6 Å². The van der Waals surface area contributed by atoms with Crippen molar-refractivity contribution in [2.45, 2.75) is 70.4 Å². The molecule has 0 saturated heterocycles. The molecule has 5 heteroatoms. The number of ether oxygens (including phenoxy) is 1. The maximum absolute atomic E-state index is 15.2. The van der Waals surface area contributed by atoms with Gasteiger partial charge in [-0.25, -0.2) is 4.39 Å². The molecule has 1 saturated carbocycles. The van der Waals surface area contributed by atoms with Gasteiger partial charge in [0.2, 0.25) is 0 Å². The Bertz CT molecular complexity index is 1080. The van der Waals surface area contributed by atoms with Crippen LogP contribution >= 0.6 is 0 Å². The number of hydrogen-bond acceptors (Lipinski definition) is 1. The first-order chi connectivity index (χ1) is 16.3. The predicted octanol–water partition coefficient (Wildman–Crippen LogP) is 8.78. The Morgan fingerprint density at radius 2 is 1.62 bits per heavy atom. The van der Waals surface area contributed by atoms with Gasteiger partial charge in [-0.1, -0.05) is 62.2 Å². The zero-order chi connectivity index (χ0) is 24.1. The van der Waals surface area contributed by atoms with Crippen molar-refractivity contribution < 1.29 is 22.3 Å². The topological polar surface area (TPSA) is 9.23 Å². The molecule has 4 rings (SSSR count). The monoisotopic (exact) mass is 472 g/mol. The van der Waals surface area contributed by atoms with Crippen molar-refractivity contribution in [2.75, 3.05) is 6.61 Å². The van der Waals surface area contributed by atoms with Crippen molar-refractivity contribution >= 4 is 10.8 Å². The average molecular weight is 473 g/mol. The first-order valence-corrected chi connectivity index (χ1v) is 12.3. The molecule has 0 amide bonds. The van der Waals surface area contributed by atoms with E-state index >= 15 is 4.39 Å². The minimum absolute atomic E-state index is 0.174. The fraction of sp³-hybridized carbons (Fsp3) is 0.448. The molecule has 1 nitrogen and oxygen atoms in total. The van der Waals surface area contributed by atoms with Crippen LogP contribution in [0.5, 0.6) is 5.75 Å². The van der Waals surface area contributed by atoms with Gasteiger partial charge in [0.15, 0.2) is 6.61 Å². The summed E-state index contributed by atoms with van der Waals surface area (Å²) in [6, 6.07) is 16.6. The van der Waals surface area contributed by atoms with E-state index in [9.17, 15) is 13.2 Å². The normalized spacial score (nSPS) is 18.9. The van der Waals surface area contributed by atoms with Crippen molar-refractivity contribution in [3.05, 3.63) is 77.1 Å². The maximum atomic E-state index is 15.2. The molecular formula is C29H32F4O. The lowest BCUT2D eigenvalue weighted by Crippen LogP contribution is -2.19. The van der Waals surface area contributed by atoms with E-state index in [1.807, 2.05) is 18.2 Å². The molecule has 0 radical (unpaired) electrons. The second kappa shape index (κ2) is 10.8. The molecule has 0 aliphatic heterocycles. The highest BCUT2D eigenvalue weighted by Gasteiger charge is 2.28. The molecule has 34 heavy (non-hydrogen) atoms. The number of benzene rings is 3. The van der Waals surface area contributed by atoms with Gasteiger partial charge in [-0.05, 0) is 84.6 Å². The van der Waals surface area contributed by atoms with Crippen LogP contribution in [0.25, 0.3) is 10.8 Å². The lowest BCUT2D eigenvalue weighted by atomic mass is 9.77. The third-order valence-electron chi connectivity index (χ3n) is 7.08. The number of fused-ring (bicyclic) bond motifs is 1. The Morgan fingerprint density at radius 1 is 0.882 bits per heavy atom. The third-order valence-corrected chi connectivity index (χ3v) is 7.08. The Kier molecular flexibility index (Phi) is 7.80. The van der Waals surface area contributed by atoms with Crippen molar-refractivity contribution in [1.29, 1.82) is 0 Å². The Morgan fingerprint density at radius 3 is 2.29 bits per heavy atom. The van der Waals surface area contributed by atoms with Gasteiger partial charge in [0.1, 0.15) is 11.6 Å². The number of halogens is 4. The first-order valence-electron chi connectivity index (χ1n) is 12.3. The number of aryl methyl sites for hydroxylation is 2. The standard InChI is InChI=1S/C29H32F4O/c1-2-3-20-4-9-22(10-5-20)24-14-17-27-25(18-24)13-12-23(28(27)30)11-6-21-7-15-26(16-8-21)34-19-29(31,32)33/h7-8,12-18,20,22H,2-6,9-11,19H2,1H3. The molecule has 0 aromatic heterocycles. The molecule has 0 unspecified atom stereocenters. The van der Waals surface area contributed by atoms with Gasteiger partial charge in [-0.15, -0.1) is 0 Å². The number of alkyl halides is 3. The molecule has 1 aliphatic rings. The van der Waals surface area contributed by atoms with Crippen molar-refractivity contribution in [2.24, 2.45) is 5.92 Å². The fourth-order valence-electron chi connectivity index (χ4n) is 5.19. The van der Waals surface area contributed by atoms with Crippen LogP contribution in [-0.2, 0) is 12.8 Å². The summed E-state index contributed by atoms with van der Waals surface area (Å²) in [4.78, 5) is 0. The third kappa shape index (κ3) is 6.31. The van der Waals surface area contributed by atoms with Crippen LogP contribution in [0.1, 0.15) is 68.1 Å². The fourth-order valence-corrected chi connectivity index (χ4v) is 5.19. The van der Waals surface area contributed by atoms with Gasteiger partial charge in [0.25, 0.3) is 0 Å². The second-order valence-electron chi connectivity index (χ2n) is 9.57. The van der Waals surface area contributed by atoms with Crippen LogP contribution in [-0.4, -0.2) is 12.8 Å². The summed E-state index contributed by atoms with van der Waals surface area (Å²) in [6.45, 7) is 0.947. The molecule has 1 fully saturated rings. The molecule has 1 aliphatic carbocycles. The summed E-state index contributed by atoms with van der Waals surface area (Å²) < 4.78 is 56.8. The van der Waals surface area contributed by atoms with Gasteiger partial charge in [-0.3, -0.25) is 0 Å². The van der Waals surface area contributed by atoms with Crippen molar-refractivity contribution in [1.82, 2.24) is 0 Å². The molecule has 0 spiro atoms. The summed E-state index contributed by atoms with van der Waals surface area (Å²) in [5.41, 5.74) is 2.90. The highest BCUT2D eigenvalue weighted by molar-refractivity contribution is 5.84. The smallest absolute Gasteiger partial charge is 0.422 e. The van der Waals surface area contributed by atoms with Gasteiger partial charge in [0.05, 0.1) is 0 Å². The first kappa shape index (κ1) is 24.6. The Balaban J connectivity index is 1.38. The van der Waals surface area contributed by atoms with Crippen LogP contribution in [0, 0.1) is 11.7 Å². The summed E-state index contributed by atoms with van der Waals surface area (Å²) >= 11 is 0. The summed E-state index contributed by atoms with van der Waals surface area (Å²) in [5.74, 6) is 1.43. The maximum Gasteiger partial charge on any atom is 0.422 e. The van der Waals surface area contributed by atoms with E-state index in [2.05, 4.69) is 19.1 Å². The van der Waals surface area contributed by atoms with Crippen LogP contribution in [0.4, 0.5) is 17.6 Å². The zero-order valence-corrected chi connectivity index (χ0v) is 19.6. The van der Waals surface area contributed by atoms with E-state index in [1.54, 1.807) is 12.1 Å². The Hall–Kier alpha value is -2.56. The highest BCUT2D eigenvalue weighted by Crippen LogP contribution is 2.38. The van der Waals surface area contributed by atoms with Crippen molar-refractivity contribution in [3.63, 3.8) is 0 Å². The second-order valence-corrected chi connectivity index (χ2v) is 9.57. The van der Waals surface area contributed by atoms with Crippen LogP contribution < -0.4 is 4.74 Å². The lowest BCUT2D eigenvalue weighted by molar-refractivity contribution is -0.153. The molecule has 3 aromatic rings. The summed E-state index contributed by atoms with van der Waals surface area (Å²) in [7, 11) is 0. The largest absolute Gasteiger partial charge is 0.484 e. The van der Waals surface area contributed by atoms with E-state index in [1.165, 1.54) is 56.2 Å². The molecule has 0 atom stereocenters. The minimum Gasteiger partial charge on any atom is -0.484 e. The minimum atomic E-state index is -4.36. The summed E-state index contributed by atoms with van der Waals surface area (Å²) in [5, 5.41) is 1.59. The highest BCUT2D eigenvalue weighted by atomic mass is 19.4. The predicted molar refractivity (Wildman–Crippen MR) is 129 cm³/mol. The van der Waals surface area contributed by atoms with Crippen molar-refractivity contribution in [3.8, 4) is 5.75 Å². The van der Waals surface area contributed by atoms with Crippen LogP contribution in [0.2, 0.25) is 0 Å². The quantitative estimate of drug-likeness (QED) is 0.298. The van der Waals surface area contributed by atoms with E-state index in [4.69, 9.17) is 4.74 Å². The SMILES string of the molecule is CCCC1CCC(c2ccc3c(F)c(CCc4ccc(OCC(F)(F)F)cc4)ccc3c2)CC1. The Labute approximate surface area is 199 Å². The zero-order valence-electron chi connectivity index (χ0n) is 19.6. The molecule has 0 bridgehead atoms. The van der Waals surface area contributed by atoms with Gasteiger partial charge >= 0.3 is 6.18 Å². The van der Waals surface area contributed by atoms with Gasteiger partial charge in [-0.2, -0.15) is 13.2 Å². The average Bonchev–Trinajstić information content (AvgIpc) is 2.83. The molecule has 0 heterocycles. The summed E-state index contributed by atoms with van der Waals surface area (Å²) in [6.07, 6.45) is 4.37. The molecular weight excluding hydrogens is 440 g/mol. The van der Waals surface area contributed by atoms with E-state index in [0.717, 1.165) is 16.9 Å².